The van der Waals surface area contributed by atoms with Crippen LogP contribution in [0.15, 0.2) is 0 Å². The maximum absolute atomic E-state index is 12.1. The van der Waals surface area contributed by atoms with Gasteiger partial charge in [-0.05, 0) is 47.0 Å². The second-order valence-corrected chi connectivity index (χ2v) is 6.76. The highest BCUT2D eigenvalue weighted by atomic mass is 16.6. The van der Waals surface area contributed by atoms with Gasteiger partial charge in [-0.1, -0.05) is 6.42 Å². The Morgan fingerprint density at radius 3 is 2.08 bits per heavy atom. The molecular weight excluding hydrogens is 330 g/mol. The molecule has 0 aromatic heterocycles. The first-order valence-corrected chi connectivity index (χ1v) is 8.36. The molecule has 0 spiro atoms. The number of ether oxygens (including phenoxy) is 2. The Balaban J connectivity index is 4.68. The summed E-state index contributed by atoms with van der Waals surface area (Å²) < 4.78 is 9.99. The molecule has 1 atom stereocenters. The smallest absolute Gasteiger partial charge is 0.343 e. The number of carboxylic acids is 1. The fourth-order valence-corrected chi connectivity index (χ4v) is 2.25. The summed E-state index contributed by atoms with van der Waals surface area (Å²) >= 11 is 0. The number of hydrogen-bond donors (Lipinski definition) is 2. The normalized spacial score (nSPS) is 13.5. The van der Waals surface area contributed by atoms with Crippen LogP contribution in [0.5, 0.6) is 0 Å². The molecule has 0 saturated carbocycles. The molecule has 8 nitrogen and oxygen atoms in total. The van der Waals surface area contributed by atoms with Gasteiger partial charge >= 0.3 is 17.9 Å². The third kappa shape index (κ3) is 8.51. The lowest BCUT2D eigenvalue weighted by molar-refractivity contribution is -0.165. The van der Waals surface area contributed by atoms with E-state index >= 15 is 0 Å². The fraction of sp³-hybridized carbons (Fsp3) is 0.765. The van der Waals surface area contributed by atoms with Crippen LogP contribution in [0, 0.1) is 0 Å². The van der Waals surface area contributed by atoms with E-state index in [0.717, 1.165) is 6.92 Å². The lowest BCUT2D eigenvalue weighted by atomic mass is 9.91. The Morgan fingerprint density at radius 1 is 1.04 bits per heavy atom. The number of nitrogens with one attached hydrogen (secondary N) is 1. The molecule has 144 valence electrons. The van der Waals surface area contributed by atoms with Crippen molar-refractivity contribution in [3.63, 3.8) is 0 Å². The summed E-state index contributed by atoms with van der Waals surface area (Å²) in [4.78, 5) is 46.6. The van der Waals surface area contributed by atoms with Crippen molar-refractivity contribution >= 4 is 23.8 Å². The van der Waals surface area contributed by atoms with Gasteiger partial charge in [0, 0.05) is 13.3 Å². The molecule has 0 saturated heterocycles. The minimum absolute atomic E-state index is 0.00604. The van der Waals surface area contributed by atoms with Crippen LogP contribution in [0.25, 0.3) is 0 Å². The number of carbonyl (C=O) groups excluding carboxylic acids is 3. The monoisotopic (exact) mass is 359 g/mol. The van der Waals surface area contributed by atoms with Crippen molar-refractivity contribution in [2.75, 3.05) is 6.61 Å². The molecule has 0 bridgehead atoms. The van der Waals surface area contributed by atoms with Gasteiger partial charge in [-0.2, -0.15) is 0 Å². The molecule has 8 heteroatoms. The zero-order chi connectivity index (χ0) is 19.7. The Hall–Kier alpha value is -2.12. The Kier molecular flexibility index (Phi) is 9.16. The lowest BCUT2D eigenvalue weighted by Crippen LogP contribution is -2.60. The third-order valence-electron chi connectivity index (χ3n) is 3.23. The highest BCUT2D eigenvalue weighted by Gasteiger charge is 2.48. The van der Waals surface area contributed by atoms with Crippen molar-refractivity contribution in [2.45, 2.75) is 77.9 Å². The number of esters is 2. The van der Waals surface area contributed by atoms with E-state index in [4.69, 9.17) is 9.47 Å². The molecule has 0 aliphatic rings. The molecule has 0 aliphatic heterocycles. The molecular formula is C17H29NO7. The van der Waals surface area contributed by atoms with E-state index in [9.17, 15) is 24.3 Å². The van der Waals surface area contributed by atoms with E-state index < -0.39 is 29.0 Å². The van der Waals surface area contributed by atoms with Gasteiger partial charge in [-0.25, -0.2) is 9.59 Å². The summed E-state index contributed by atoms with van der Waals surface area (Å²) in [5.41, 5.74) is -2.65. The number of amides is 1. The highest BCUT2D eigenvalue weighted by Crippen LogP contribution is 2.19. The average Bonchev–Trinajstić information content (AvgIpc) is 2.43. The van der Waals surface area contributed by atoms with E-state index in [-0.39, 0.29) is 25.4 Å². The van der Waals surface area contributed by atoms with Crippen molar-refractivity contribution in [1.29, 1.82) is 0 Å². The van der Waals surface area contributed by atoms with Gasteiger partial charge in [0.25, 0.3) is 0 Å². The Bertz CT molecular complexity index is 496. The summed E-state index contributed by atoms with van der Waals surface area (Å²) in [5.74, 6) is -3.42. The van der Waals surface area contributed by atoms with Crippen LogP contribution in [-0.2, 0) is 28.7 Å². The van der Waals surface area contributed by atoms with E-state index in [1.807, 2.05) is 0 Å². The van der Waals surface area contributed by atoms with Gasteiger partial charge in [-0.3, -0.25) is 9.59 Å². The van der Waals surface area contributed by atoms with Gasteiger partial charge in [-0.15, -0.1) is 0 Å². The number of carboxylic acid groups (broad SMARTS) is 1. The SMILES string of the molecule is CCOC(=O)C(CCCCCC(=O)OC(C)(C)C)(NC(C)=O)C(=O)O. The Morgan fingerprint density at radius 2 is 1.64 bits per heavy atom. The zero-order valence-corrected chi connectivity index (χ0v) is 15.6. The average molecular weight is 359 g/mol. The minimum atomic E-state index is -2.10. The molecule has 1 amide bonds. The van der Waals surface area contributed by atoms with Crippen LogP contribution >= 0.6 is 0 Å². The molecule has 0 rings (SSSR count). The molecule has 0 fully saturated rings. The van der Waals surface area contributed by atoms with E-state index in [1.54, 1.807) is 27.7 Å². The van der Waals surface area contributed by atoms with E-state index in [2.05, 4.69) is 5.32 Å². The van der Waals surface area contributed by atoms with Crippen LogP contribution < -0.4 is 5.32 Å². The lowest BCUT2D eigenvalue weighted by Gasteiger charge is -2.27. The number of rotatable bonds is 10. The van der Waals surface area contributed by atoms with E-state index in [1.165, 1.54) is 0 Å². The number of hydrogen-bond acceptors (Lipinski definition) is 6. The first kappa shape index (κ1) is 22.9. The second-order valence-electron chi connectivity index (χ2n) is 6.76. The first-order valence-electron chi connectivity index (χ1n) is 8.36. The molecule has 0 radical (unpaired) electrons. The summed E-state index contributed by atoms with van der Waals surface area (Å²) in [6.07, 6.45) is 1.42. The molecule has 0 aromatic rings. The maximum atomic E-state index is 12.1. The molecule has 25 heavy (non-hydrogen) atoms. The number of unbranched alkanes of at least 4 members (excludes halogenated alkanes) is 2. The minimum Gasteiger partial charge on any atom is -0.479 e. The highest BCUT2D eigenvalue weighted by molar-refractivity contribution is 6.06. The predicted molar refractivity (Wildman–Crippen MR) is 89.7 cm³/mol. The third-order valence-corrected chi connectivity index (χ3v) is 3.23. The van der Waals surface area contributed by atoms with Crippen LogP contribution in [0.4, 0.5) is 0 Å². The van der Waals surface area contributed by atoms with Crippen LogP contribution in [0.1, 0.15) is 66.7 Å². The van der Waals surface area contributed by atoms with Crippen LogP contribution in [0.2, 0.25) is 0 Å². The molecule has 1 unspecified atom stereocenters. The summed E-state index contributed by atoms with van der Waals surface area (Å²) in [5, 5.41) is 11.7. The quantitative estimate of drug-likeness (QED) is 0.347. The topological polar surface area (TPSA) is 119 Å². The van der Waals surface area contributed by atoms with Crippen LogP contribution in [-0.4, -0.2) is 46.7 Å². The summed E-state index contributed by atoms with van der Waals surface area (Å²) in [7, 11) is 0. The molecule has 0 heterocycles. The van der Waals surface area contributed by atoms with E-state index in [0.29, 0.717) is 19.3 Å². The van der Waals surface area contributed by atoms with Crippen LogP contribution in [0.3, 0.4) is 0 Å². The van der Waals surface area contributed by atoms with Gasteiger partial charge in [0.05, 0.1) is 6.61 Å². The summed E-state index contributed by atoms with van der Waals surface area (Å²) in [6, 6.07) is 0. The predicted octanol–water partition coefficient (Wildman–Crippen LogP) is 1.80. The van der Waals surface area contributed by atoms with Gasteiger partial charge in [0.15, 0.2) is 0 Å². The fourth-order valence-electron chi connectivity index (χ4n) is 2.25. The van der Waals surface area contributed by atoms with Gasteiger partial charge < -0.3 is 19.9 Å². The van der Waals surface area contributed by atoms with Crippen molar-refractivity contribution in [2.24, 2.45) is 0 Å². The standard InChI is InChI=1S/C17H29NO7/c1-6-24-15(23)17(14(21)22,18-12(2)19)11-9-7-8-10-13(20)25-16(3,4)5/h6-11H2,1-5H3,(H,18,19)(H,21,22). The van der Waals surface area contributed by atoms with Crippen molar-refractivity contribution < 1.29 is 33.8 Å². The zero-order valence-electron chi connectivity index (χ0n) is 15.6. The number of carbonyl (C=O) groups is 4. The largest absolute Gasteiger partial charge is 0.479 e. The van der Waals surface area contributed by atoms with Crippen molar-refractivity contribution in [3.8, 4) is 0 Å². The molecule has 0 aromatic carbocycles. The Labute approximate surface area is 148 Å². The second kappa shape index (κ2) is 10.0. The first-order chi connectivity index (χ1) is 11.4. The maximum Gasteiger partial charge on any atom is 0.343 e. The van der Waals surface area contributed by atoms with Crippen molar-refractivity contribution in [1.82, 2.24) is 5.32 Å². The summed E-state index contributed by atoms with van der Waals surface area (Å²) in [6.45, 7) is 8.03. The molecule has 2 N–H and O–H groups in total. The van der Waals surface area contributed by atoms with Crippen molar-refractivity contribution in [3.05, 3.63) is 0 Å². The molecule has 0 aliphatic carbocycles. The van der Waals surface area contributed by atoms with Gasteiger partial charge in [0.2, 0.25) is 11.4 Å². The number of aliphatic carboxylic acids is 1. The van der Waals surface area contributed by atoms with Gasteiger partial charge in [0.1, 0.15) is 5.60 Å².